The molecule has 0 saturated carbocycles. The molecule has 0 amide bonds. The number of piperidine rings is 1. The lowest BCUT2D eigenvalue weighted by molar-refractivity contribution is 0.148. The highest BCUT2D eigenvalue weighted by Gasteiger charge is 2.18. The minimum Gasteiger partial charge on any atom is -0.301 e. The molecule has 0 radical (unpaired) electrons. The summed E-state index contributed by atoms with van der Waals surface area (Å²) in [6.07, 6.45) is 5.48. The van der Waals surface area contributed by atoms with Crippen molar-refractivity contribution < 1.29 is 0 Å². The fourth-order valence-electron chi connectivity index (χ4n) is 1.88. The van der Waals surface area contributed by atoms with Gasteiger partial charge < -0.3 is 4.90 Å². The molecular weight excluding hydrogens is 194 g/mol. The Balaban J connectivity index is 0. The van der Waals surface area contributed by atoms with Crippen molar-refractivity contribution in [3.8, 4) is 0 Å². The molecule has 1 rings (SSSR count). The third-order valence-corrected chi connectivity index (χ3v) is 2.96. The van der Waals surface area contributed by atoms with E-state index in [2.05, 4.69) is 39.5 Å². The summed E-state index contributed by atoms with van der Waals surface area (Å²) in [5.74, 6) is 1.02. The van der Waals surface area contributed by atoms with E-state index in [4.69, 9.17) is 0 Å². The second-order valence-corrected chi connectivity index (χ2v) is 4.69. The van der Waals surface area contributed by atoms with E-state index in [1.54, 1.807) is 0 Å². The van der Waals surface area contributed by atoms with Crippen LogP contribution in [0.4, 0.5) is 0 Å². The highest BCUT2D eigenvalue weighted by Crippen LogP contribution is 2.20. The van der Waals surface area contributed by atoms with Gasteiger partial charge in [-0.25, -0.2) is 0 Å². The lowest BCUT2D eigenvalue weighted by Gasteiger charge is -2.34. The molecule has 1 saturated heterocycles. The molecule has 0 bridgehead atoms. The Kier molecular flexibility index (Phi) is 14.9. The van der Waals surface area contributed by atoms with Gasteiger partial charge in [0.2, 0.25) is 0 Å². The van der Waals surface area contributed by atoms with E-state index in [-0.39, 0.29) is 0 Å². The molecule has 0 atom stereocenters. The summed E-state index contributed by atoms with van der Waals surface area (Å²) in [6, 6.07) is 0.757. The van der Waals surface area contributed by atoms with Crippen molar-refractivity contribution in [1.29, 1.82) is 0 Å². The van der Waals surface area contributed by atoms with Crippen molar-refractivity contribution in [2.75, 3.05) is 13.1 Å². The lowest BCUT2D eigenvalue weighted by Crippen LogP contribution is -2.38. The molecule has 0 aromatic rings. The Morgan fingerprint density at radius 2 is 1.38 bits per heavy atom. The highest BCUT2D eigenvalue weighted by molar-refractivity contribution is 4.73. The van der Waals surface area contributed by atoms with Gasteiger partial charge in [-0.3, -0.25) is 0 Å². The number of nitrogens with zero attached hydrogens (tertiary/aromatic N) is 1. The first-order valence-corrected chi connectivity index (χ1v) is 7.39. The van der Waals surface area contributed by atoms with Crippen molar-refractivity contribution in [3.63, 3.8) is 0 Å². The van der Waals surface area contributed by atoms with E-state index in [0.717, 1.165) is 12.0 Å². The summed E-state index contributed by atoms with van der Waals surface area (Å²) in [4.78, 5) is 2.59. The maximum absolute atomic E-state index is 2.59. The fraction of sp³-hybridized carbons (Fsp3) is 1.00. The zero-order chi connectivity index (χ0) is 13.0. The number of hydrogen-bond donors (Lipinski definition) is 0. The molecule has 0 N–H and O–H groups in total. The molecule has 0 aromatic heterocycles. The minimum absolute atomic E-state index is 0.757. The molecule has 1 heterocycles. The van der Waals surface area contributed by atoms with E-state index in [9.17, 15) is 0 Å². The van der Waals surface area contributed by atoms with Crippen molar-refractivity contribution in [1.82, 2.24) is 4.90 Å². The molecule has 0 unspecified atom stereocenters. The molecule has 0 aliphatic carbocycles. The molecule has 0 spiro atoms. The highest BCUT2D eigenvalue weighted by atomic mass is 15.1. The van der Waals surface area contributed by atoms with Crippen LogP contribution in [0.15, 0.2) is 0 Å². The van der Waals surface area contributed by atoms with E-state index in [0.29, 0.717) is 0 Å². The van der Waals surface area contributed by atoms with E-state index >= 15 is 0 Å². The van der Waals surface area contributed by atoms with Gasteiger partial charge in [0.25, 0.3) is 0 Å². The second-order valence-electron chi connectivity index (χ2n) is 4.69. The van der Waals surface area contributed by atoms with Crippen molar-refractivity contribution in [2.45, 2.75) is 80.2 Å². The van der Waals surface area contributed by atoms with Gasteiger partial charge in [-0.2, -0.15) is 0 Å². The average molecular weight is 229 g/mol. The van der Waals surface area contributed by atoms with Crippen LogP contribution in [0.25, 0.3) is 0 Å². The maximum Gasteiger partial charge on any atom is 0.00385 e. The van der Waals surface area contributed by atoms with Crippen molar-refractivity contribution in [2.24, 2.45) is 5.92 Å². The molecule has 100 valence electrons. The molecule has 1 aliphatic heterocycles. The smallest absolute Gasteiger partial charge is 0.00385 e. The Morgan fingerprint density at radius 3 is 1.62 bits per heavy atom. The molecule has 16 heavy (non-hydrogen) atoms. The molecule has 1 nitrogen and oxygen atoms in total. The van der Waals surface area contributed by atoms with E-state index < -0.39 is 0 Å². The molecular formula is C15H35N. The third-order valence-electron chi connectivity index (χ3n) is 2.96. The van der Waals surface area contributed by atoms with Gasteiger partial charge in [0.1, 0.15) is 0 Å². The van der Waals surface area contributed by atoms with Gasteiger partial charge >= 0.3 is 0 Å². The molecule has 1 heteroatoms. The maximum atomic E-state index is 2.59. The standard InChI is InChI=1S/C10H21N.C3H8.C2H6/c1-4-10-5-7-11(8-6-10)9(2)3;1-3-2;1-2/h9-10H,4-8H2,1-3H3;3H2,1-2H3;1-2H3. The molecule has 1 fully saturated rings. The Hall–Kier alpha value is -0.0400. The van der Waals surface area contributed by atoms with E-state index in [1.165, 1.54) is 38.8 Å². The van der Waals surface area contributed by atoms with Gasteiger partial charge in [0, 0.05) is 6.04 Å². The van der Waals surface area contributed by atoms with Crippen LogP contribution in [-0.2, 0) is 0 Å². The van der Waals surface area contributed by atoms with Crippen LogP contribution in [0.1, 0.15) is 74.1 Å². The summed E-state index contributed by atoms with van der Waals surface area (Å²) in [5.41, 5.74) is 0. The Bertz CT molecular complexity index is 113. The summed E-state index contributed by atoms with van der Waals surface area (Å²) in [5, 5.41) is 0. The monoisotopic (exact) mass is 229 g/mol. The summed E-state index contributed by atoms with van der Waals surface area (Å²) in [6.45, 7) is 17.8. The van der Waals surface area contributed by atoms with Gasteiger partial charge in [-0.15, -0.1) is 0 Å². The van der Waals surface area contributed by atoms with Crippen LogP contribution in [-0.4, -0.2) is 24.0 Å². The topological polar surface area (TPSA) is 3.24 Å². The first-order chi connectivity index (χ1) is 7.65. The molecule has 0 aromatic carbocycles. The SMILES string of the molecule is CC.CCC.CCC1CCN(C(C)C)CC1. The summed E-state index contributed by atoms with van der Waals surface area (Å²) >= 11 is 0. The normalized spacial score (nSPS) is 17.2. The lowest BCUT2D eigenvalue weighted by atomic mass is 9.94. The second kappa shape index (κ2) is 13.0. The van der Waals surface area contributed by atoms with Gasteiger partial charge in [-0.1, -0.05) is 47.5 Å². The van der Waals surface area contributed by atoms with Crippen LogP contribution in [0.3, 0.4) is 0 Å². The zero-order valence-corrected chi connectivity index (χ0v) is 12.8. The van der Waals surface area contributed by atoms with Crippen LogP contribution in [0, 0.1) is 5.92 Å². The van der Waals surface area contributed by atoms with Gasteiger partial charge in [0.05, 0.1) is 0 Å². The molecule has 1 aliphatic rings. The Labute approximate surface area is 105 Å². The fourth-order valence-corrected chi connectivity index (χ4v) is 1.88. The number of rotatable bonds is 2. The first-order valence-electron chi connectivity index (χ1n) is 7.39. The van der Waals surface area contributed by atoms with Crippen LogP contribution in [0.2, 0.25) is 0 Å². The average Bonchev–Trinajstić information content (AvgIpc) is 2.33. The third kappa shape index (κ3) is 9.21. The Morgan fingerprint density at radius 1 is 1.00 bits per heavy atom. The first kappa shape index (κ1) is 18.3. The quantitative estimate of drug-likeness (QED) is 0.647. The van der Waals surface area contributed by atoms with Gasteiger partial charge in [0.15, 0.2) is 0 Å². The number of likely N-dealkylation sites (tertiary alicyclic amines) is 1. The van der Waals surface area contributed by atoms with Crippen LogP contribution in [0.5, 0.6) is 0 Å². The van der Waals surface area contributed by atoms with Crippen molar-refractivity contribution in [3.05, 3.63) is 0 Å². The number of hydrogen-bond acceptors (Lipinski definition) is 1. The van der Waals surface area contributed by atoms with Gasteiger partial charge in [-0.05, 0) is 45.7 Å². The van der Waals surface area contributed by atoms with Crippen molar-refractivity contribution >= 4 is 0 Å². The van der Waals surface area contributed by atoms with Crippen LogP contribution >= 0.6 is 0 Å². The summed E-state index contributed by atoms with van der Waals surface area (Å²) < 4.78 is 0. The predicted octanol–water partition coefficient (Wildman–Crippen LogP) is 4.96. The predicted molar refractivity (Wildman–Crippen MR) is 77.0 cm³/mol. The zero-order valence-electron chi connectivity index (χ0n) is 12.8. The minimum atomic E-state index is 0.757. The summed E-state index contributed by atoms with van der Waals surface area (Å²) in [7, 11) is 0. The largest absolute Gasteiger partial charge is 0.301 e. The van der Waals surface area contributed by atoms with Crippen LogP contribution < -0.4 is 0 Å². The van der Waals surface area contributed by atoms with E-state index in [1.807, 2.05) is 13.8 Å².